The van der Waals surface area contributed by atoms with Crippen LogP contribution in [0.3, 0.4) is 0 Å². The average Bonchev–Trinajstić information content (AvgIpc) is 3.03. The van der Waals surface area contributed by atoms with Crippen molar-refractivity contribution in [3.8, 4) is 0 Å². The minimum atomic E-state index is -4.29. The first kappa shape index (κ1) is 13.6. The lowest BCUT2D eigenvalue weighted by Gasteiger charge is -2.07. The Morgan fingerprint density at radius 2 is 2.00 bits per heavy atom. The minimum Gasteiger partial charge on any atom is -0.349 e. The van der Waals surface area contributed by atoms with Crippen LogP contribution in [0.4, 0.5) is 4.39 Å². The van der Waals surface area contributed by atoms with Crippen LogP contribution in [0.25, 0.3) is 0 Å². The zero-order chi connectivity index (χ0) is 13.5. The Morgan fingerprint density at radius 1 is 1.39 bits per heavy atom. The Bertz CT molecular complexity index is 614. The van der Waals surface area contributed by atoms with Gasteiger partial charge in [0.15, 0.2) is 5.82 Å². The highest BCUT2D eigenvalue weighted by atomic mass is 35.7. The van der Waals surface area contributed by atoms with Crippen LogP contribution in [-0.2, 0) is 9.05 Å². The second kappa shape index (κ2) is 4.68. The normalized spacial score (nSPS) is 15.5. The third kappa shape index (κ3) is 2.93. The molecule has 1 aromatic carbocycles. The van der Waals surface area contributed by atoms with Crippen molar-refractivity contribution in [2.45, 2.75) is 23.8 Å². The molecular weight excluding hydrogens is 304 g/mol. The lowest BCUT2D eigenvalue weighted by Crippen LogP contribution is -2.26. The molecule has 0 saturated heterocycles. The fourth-order valence-corrected chi connectivity index (χ4v) is 2.61. The van der Waals surface area contributed by atoms with Crippen LogP contribution in [0, 0.1) is 5.82 Å². The van der Waals surface area contributed by atoms with Crippen LogP contribution in [0.1, 0.15) is 23.2 Å². The van der Waals surface area contributed by atoms with Gasteiger partial charge >= 0.3 is 0 Å². The van der Waals surface area contributed by atoms with Crippen molar-refractivity contribution >= 4 is 37.2 Å². The van der Waals surface area contributed by atoms with Crippen LogP contribution in [0.5, 0.6) is 0 Å². The molecule has 0 heterocycles. The van der Waals surface area contributed by atoms with Gasteiger partial charge in [-0.25, -0.2) is 12.8 Å². The maximum atomic E-state index is 13.9. The molecule has 1 aromatic rings. The van der Waals surface area contributed by atoms with Gasteiger partial charge in [-0.3, -0.25) is 4.79 Å². The Labute approximate surface area is 112 Å². The van der Waals surface area contributed by atoms with E-state index >= 15 is 0 Å². The molecule has 0 atom stereocenters. The first-order valence-electron chi connectivity index (χ1n) is 5.03. The maximum Gasteiger partial charge on any atom is 0.264 e. The van der Waals surface area contributed by atoms with Crippen molar-refractivity contribution < 1.29 is 17.6 Å². The van der Waals surface area contributed by atoms with Crippen LogP contribution in [-0.4, -0.2) is 20.4 Å². The van der Waals surface area contributed by atoms with Crippen molar-refractivity contribution in [3.63, 3.8) is 0 Å². The van der Waals surface area contributed by atoms with Crippen LogP contribution >= 0.6 is 22.3 Å². The van der Waals surface area contributed by atoms with Gasteiger partial charge in [0, 0.05) is 21.7 Å². The molecule has 4 nitrogen and oxygen atoms in total. The van der Waals surface area contributed by atoms with Crippen molar-refractivity contribution in [2.24, 2.45) is 0 Å². The lowest BCUT2D eigenvalue weighted by molar-refractivity contribution is 0.0946. The highest BCUT2D eigenvalue weighted by molar-refractivity contribution is 8.13. The van der Waals surface area contributed by atoms with Gasteiger partial charge in [-0.05, 0) is 25.0 Å². The summed E-state index contributed by atoms with van der Waals surface area (Å²) in [6.07, 6.45) is 1.66. The molecule has 1 aliphatic rings. The zero-order valence-electron chi connectivity index (χ0n) is 8.91. The summed E-state index contributed by atoms with van der Waals surface area (Å²) in [5.41, 5.74) is -0.423. The number of benzene rings is 1. The smallest absolute Gasteiger partial charge is 0.264 e. The maximum absolute atomic E-state index is 13.9. The zero-order valence-corrected chi connectivity index (χ0v) is 11.2. The van der Waals surface area contributed by atoms with Crippen molar-refractivity contribution in [1.82, 2.24) is 5.32 Å². The van der Waals surface area contributed by atoms with Crippen LogP contribution in [0.15, 0.2) is 17.0 Å². The molecule has 8 heteroatoms. The minimum absolute atomic E-state index is 0.0203. The van der Waals surface area contributed by atoms with Gasteiger partial charge in [0.05, 0.1) is 5.56 Å². The fourth-order valence-electron chi connectivity index (χ4n) is 1.40. The second-order valence-electron chi connectivity index (χ2n) is 3.95. The van der Waals surface area contributed by atoms with E-state index in [-0.39, 0.29) is 11.1 Å². The van der Waals surface area contributed by atoms with Gasteiger partial charge in [-0.2, -0.15) is 0 Å². The van der Waals surface area contributed by atoms with E-state index in [9.17, 15) is 17.6 Å². The van der Waals surface area contributed by atoms with Crippen LogP contribution < -0.4 is 5.32 Å². The van der Waals surface area contributed by atoms with E-state index in [2.05, 4.69) is 5.32 Å². The van der Waals surface area contributed by atoms with Gasteiger partial charge in [0.25, 0.3) is 15.0 Å². The molecule has 1 fully saturated rings. The highest BCUT2D eigenvalue weighted by Crippen LogP contribution is 2.27. The van der Waals surface area contributed by atoms with E-state index in [0.29, 0.717) is 0 Å². The molecule has 0 spiro atoms. The summed E-state index contributed by atoms with van der Waals surface area (Å²) in [4.78, 5) is 10.9. The summed E-state index contributed by atoms with van der Waals surface area (Å²) in [6, 6.07) is 1.96. The summed E-state index contributed by atoms with van der Waals surface area (Å²) < 4.78 is 36.2. The predicted molar refractivity (Wildman–Crippen MR) is 64.9 cm³/mol. The van der Waals surface area contributed by atoms with Gasteiger partial charge in [0.1, 0.15) is 4.90 Å². The van der Waals surface area contributed by atoms with E-state index < -0.39 is 31.2 Å². The van der Waals surface area contributed by atoms with Gasteiger partial charge in [-0.1, -0.05) is 11.6 Å². The SMILES string of the molecule is O=C(NC1CC1)c1cc(Cl)cc(S(=O)(=O)Cl)c1F. The van der Waals surface area contributed by atoms with E-state index in [1.54, 1.807) is 0 Å². The third-order valence-corrected chi connectivity index (χ3v) is 3.96. The average molecular weight is 312 g/mol. The van der Waals surface area contributed by atoms with E-state index in [1.807, 2.05) is 0 Å². The quantitative estimate of drug-likeness (QED) is 0.871. The molecule has 2 rings (SSSR count). The molecule has 1 saturated carbocycles. The number of rotatable bonds is 3. The highest BCUT2D eigenvalue weighted by Gasteiger charge is 2.28. The third-order valence-electron chi connectivity index (χ3n) is 2.42. The number of halogens is 3. The largest absolute Gasteiger partial charge is 0.349 e. The molecule has 1 N–H and O–H groups in total. The molecule has 0 bridgehead atoms. The molecule has 0 aromatic heterocycles. The lowest BCUT2D eigenvalue weighted by atomic mass is 10.2. The van der Waals surface area contributed by atoms with Gasteiger partial charge in [0.2, 0.25) is 0 Å². The predicted octanol–water partition coefficient (Wildman–Crippen LogP) is 2.30. The summed E-state index contributed by atoms with van der Waals surface area (Å²) >= 11 is 5.65. The van der Waals surface area contributed by atoms with E-state index in [4.69, 9.17) is 22.3 Å². The Balaban J connectivity index is 2.47. The molecule has 1 amide bonds. The van der Waals surface area contributed by atoms with Crippen molar-refractivity contribution in [3.05, 3.63) is 28.5 Å². The topological polar surface area (TPSA) is 63.2 Å². The first-order valence-corrected chi connectivity index (χ1v) is 7.72. The second-order valence-corrected chi connectivity index (χ2v) is 6.92. The molecule has 0 radical (unpaired) electrons. The molecular formula is C10H8Cl2FNO3S. The Kier molecular flexibility index (Phi) is 3.53. The Morgan fingerprint density at radius 3 is 2.50 bits per heavy atom. The molecule has 0 aliphatic heterocycles. The number of nitrogens with one attached hydrogen (secondary N) is 1. The number of hydrogen-bond acceptors (Lipinski definition) is 3. The number of hydrogen-bond donors (Lipinski definition) is 1. The summed E-state index contributed by atoms with van der Waals surface area (Å²) in [6.45, 7) is 0. The van der Waals surface area contributed by atoms with Crippen LogP contribution in [0.2, 0.25) is 5.02 Å². The van der Waals surface area contributed by atoms with Gasteiger partial charge < -0.3 is 5.32 Å². The fraction of sp³-hybridized carbons (Fsp3) is 0.300. The van der Waals surface area contributed by atoms with Gasteiger partial charge in [-0.15, -0.1) is 0 Å². The number of carbonyl (C=O) groups excluding carboxylic acids is 1. The molecule has 18 heavy (non-hydrogen) atoms. The van der Waals surface area contributed by atoms with Crippen molar-refractivity contribution in [1.29, 1.82) is 0 Å². The monoisotopic (exact) mass is 311 g/mol. The summed E-state index contributed by atoms with van der Waals surface area (Å²) in [5.74, 6) is -1.88. The number of carbonyl (C=O) groups is 1. The van der Waals surface area contributed by atoms with E-state index in [0.717, 1.165) is 25.0 Å². The Hall–Kier alpha value is -0.850. The standard InChI is InChI=1S/C10H8Cl2FNO3S/c11-5-3-7(10(15)14-6-1-2-6)9(13)8(4-5)18(12,16)17/h3-4,6H,1-2H2,(H,14,15). The summed E-state index contributed by atoms with van der Waals surface area (Å²) in [7, 11) is 0.780. The molecule has 0 unspecified atom stereocenters. The number of amides is 1. The molecule has 1 aliphatic carbocycles. The first-order chi connectivity index (χ1) is 8.29. The summed E-state index contributed by atoms with van der Waals surface area (Å²) in [5, 5.41) is 2.47. The molecule has 98 valence electrons. The van der Waals surface area contributed by atoms with Crippen molar-refractivity contribution in [2.75, 3.05) is 0 Å². The van der Waals surface area contributed by atoms with E-state index in [1.165, 1.54) is 0 Å².